The standard InChI is InChI=1S/C15H14N2S/c16-10-12-4-2-1-3-11(12)9-13-5-6-15-14(17-13)7-8-18-15/h1-4,7-8,13,17H,5-6,9H2. The lowest BCUT2D eigenvalue weighted by atomic mass is 9.95. The molecular formula is C15H14N2S. The summed E-state index contributed by atoms with van der Waals surface area (Å²) in [6.45, 7) is 0. The molecule has 0 saturated heterocycles. The number of benzene rings is 1. The Morgan fingerprint density at radius 1 is 1.33 bits per heavy atom. The van der Waals surface area contributed by atoms with Crippen LogP contribution in [-0.2, 0) is 12.8 Å². The van der Waals surface area contributed by atoms with Gasteiger partial charge in [-0.25, -0.2) is 0 Å². The van der Waals surface area contributed by atoms with Gasteiger partial charge in [0.05, 0.1) is 11.6 Å². The molecule has 1 aliphatic heterocycles. The van der Waals surface area contributed by atoms with Gasteiger partial charge in [-0.2, -0.15) is 5.26 Å². The van der Waals surface area contributed by atoms with E-state index in [1.54, 1.807) is 0 Å². The van der Waals surface area contributed by atoms with Crippen LogP contribution in [0, 0.1) is 11.3 Å². The normalized spacial score (nSPS) is 17.6. The van der Waals surface area contributed by atoms with Gasteiger partial charge in [0.25, 0.3) is 0 Å². The maximum atomic E-state index is 9.10. The second kappa shape index (κ2) is 4.83. The second-order valence-corrected chi connectivity index (χ2v) is 5.61. The third-order valence-electron chi connectivity index (χ3n) is 3.43. The van der Waals surface area contributed by atoms with Crippen LogP contribution >= 0.6 is 11.3 Å². The number of fused-ring (bicyclic) bond motifs is 1. The molecule has 18 heavy (non-hydrogen) atoms. The Hall–Kier alpha value is -1.79. The summed E-state index contributed by atoms with van der Waals surface area (Å²) in [6, 6.07) is 12.8. The van der Waals surface area contributed by atoms with Crippen molar-refractivity contribution in [2.75, 3.05) is 5.32 Å². The molecule has 0 aliphatic carbocycles. The van der Waals surface area contributed by atoms with Crippen LogP contribution in [0.5, 0.6) is 0 Å². The van der Waals surface area contributed by atoms with Crippen molar-refractivity contribution in [2.45, 2.75) is 25.3 Å². The summed E-state index contributed by atoms with van der Waals surface area (Å²) in [7, 11) is 0. The molecule has 1 aliphatic rings. The van der Waals surface area contributed by atoms with E-state index in [-0.39, 0.29) is 0 Å². The summed E-state index contributed by atoms with van der Waals surface area (Å²) in [6.07, 6.45) is 3.23. The molecule has 2 aromatic rings. The molecule has 1 N–H and O–H groups in total. The van der Waals surface area contributed by atoms with Crippen LogP contribution in [-0.4, -0.2) is 6.04 Å². The highest BCUT2D eigenvalue weighted by molar-refractivity contribution is 7.10. The van der Waals surface area contributed by atoms with Crippen LogP contribution in [0.25, 0.3) is 0 Å². The van der Waals surface area contributed by atoms with Gasteiger partial charge in [0.1, 0.15) is 0 Å². The van der Waals surface area contributed by atoms with Crippen LogP contribution in [0.3, 0.4) is 0 Å². The smallest absolute Gasteiger partial charge is 0.0994 e. The quantitative estimate of drug-likeness (QED) is 0.889. The van der Waals surface area contributed by atoms with Crippen molar-refractivity contribution in [3.63, 3.8) is 0 Å². The van der Waals surface area contributed by atoms with E-state index in [1.807, 2.05) is 29.5 Å². The molecule has 2 heterocycles. The predicted octanol–water partition coefficient (Wildman–Crippen LogP) is 3.59. The van der Waals surface area contributed by atoms with Crippen molar-refractivity contribution >= 4 is 17.0 Å². The monoisotopic (exact) mass is 254 g/mol. The lowest BCUT2D eigenvalue weighted by Crippen LogP contribution is -2.26. The molecule has 0 radical (unpaired) electrons. The van der Waals surface area contributed by atoms with E-state index in [9.17, 15) is 0 Å². The summed E-state index contributed by atoms with van der Waals surface area (Å²) in [5.41, 5.74) is 3.23. The molecule has 1 atom stereocenters. The van der Waals surface area contributed by atoms with E-state index in [1.165, 1.54) is 10.6 Å². The Morgan fingerprint density at radius 3 is 3.11 bits per heavy atom. The van der Waals surface area contributed by atoms with Gasteiger partial charge in [-0.1, -0.05) is 18.2 Å². The Morgan fingerprint density at radius 2 is 2.22 bits per heavy atom. The Balaban J connectivity index is 1.77. The average Bonchev–Trinajstić information content (AvgIpc) is 2.87. The Labute approximate surface area is 111 Å². The molecule has 1 aromatic carbocycles. The molecule has 90 valence electrons. The van der Waals surface area contributed by atoms with Crippen molar-refractivity contribution in [2.24, 2.45) is 0 Å². The van der Waals surface area contributed by atoms with E-state index in [2.05, 4.69) is 28.9 Å². The van der Waals surface area contributed by atoms with Crippen LogP contribution in [0.2, 0.25) is 0 Å². The molecule has 0 spiro atoms. The number of anilines is 1. The summed E-state index contributed by atoms with van der Waals surface area (Å²) in [4.78, 5) is 1.46. The lowest BCUT2D eigenvalue weighted by Gasteiger charge is -2.25. The second-order valence-electron chi connectivity index (χ2n) is 4.61. The first kappa shape index (κ1) is 11.3. The SMILES string of the molecule is N#Cc1ccccc1CC1CCc2sccc2N1. The van der Waals surface area contributed by atoms with E-state index in [0.29, 0.717) is 6.04 Å². The maximum absolute atomic E-state index is 9.10. The molecular weight excluding hydrogens is 240 g/mol. The van der Waals surface area contributed by atoms with E-state index in [4.69, 9.17) is 5.26 Å². The minimum atomic E-state index is 0.446. The van der Waals surface area contributed by atoms with Crippen molar-refractivity contribution in [3.8, 4) is 6.07 Å². The number of rotatable bonds is 2. The zero-order chi connectivity index (χ0) is 12.4. The van der Waals surface area contributed by atoms with Gasteiger partial charge in [0.15, 0.2) is 0 Å². The number of aryl methyl sites for hydroxylation is 1. The maximum Gasteiger partial charge on any atom is 0.0994 e. The fourth-order valence-electron chi connectivity index (χ4n) is 2.49. The van der Waals surface area contributed by atoms with Crippen LogP contribution < -0.4 is 5.32 Å². The number of nitrogens with zero attached hydrogens (tertiary/aromatic N) is 1. The zero-order valence-corrected chi connectivity index (χ0v) is 10.8. The third-order valence-corrected chi connectivity index (χ3v) is 4.41. The highest BCUT2D eigenvalue weighted by atomic mass is 32.1. The lowest BCUT2D eigenvalue weighted by molar-refractivity contribution is 0.633. The molecule has 3 rings (SSSR count). The first-order valence-corrected chi connectivity index (χ1v) is 7.05. The minimum Gasteiger partial charge on any atom is -0.381 e. The highest BCUT2D eigenvalue weighted by Gasteiger charge is 2.19. The minimum absolute atomic E-state index is 0.446. The molecule has 0 amide bonds. The van der Waals surface area contributed by atoms with Crippen LogP contribution in [0.15, 0.2) is 35.7 Å². The summed E-state index contributed by atoms with van der Waals surface area (Å²) in [5, 5.41) is 14.8. The Kier molecular flexibility index (Phi) is 3.04. The van der Waals surface area contributed by atoms with Gasteiger partial charge in [-0.05, 0) is 42.3 Å². The predicted molar refractivity (Wildman–Crippen MR) is 74.9 cm³/mol. The number of nitriles is 1. The molecule has 1 unspecified atom stereocenters. The van der Waals surface area contributed by atoms with Gasteiger partial charge >= 0.3 is 0 Å². The first-order chi connectivity index (χ1) is 8.86. The number of thiophene rings is 1. The average molecular weight is 254 g/mol. The topological polar surface area (TPSA) is 35.8 Å². The van der Waals surface area contributed by atoms with Gasteiger partial charge in [-0.15, -0.1) is 11.3 Å². The van der Waals surface area contributed by atoms with Crippen molar-refractivity contribution in [1.82, 2.24) is 0 Å². The van der Waals surface area contributed by atoms with Crippen LogP contribution in [0.1, 0.15) is 22.4 Å². The van der Waals surface area contributed by atoms with Crippen molar-refractivity contribution in [3.05, 3.63) is 51.7 Å². The number of hydrogen-bond donors (Lipinski definition) is 1. The van der Waals surface area contributed by atoms with E-state index < -0.39 is 0 Å². The van der Waals surface area contributed by atoms with Crippen LogP contribution in [0.4, 0.5) is 5.69 Å². The fourth-order valence-corrected chi connectivity index (χ4v) is 3.34. The largest absolute Gasteiger partial charge is 0.381 e. The molecule has 2 nitrogen and oxygen atoms in total. The van der Waals surface area contributed by atoms with Gasteiger partial charge in [0, 0.05) is 16.6 Å². The first-order valence-electron chi connectivity index (χ1n) is 6.18. The third kappa shape index (κ3) is 2.12. The summed E-state index contributed by atoms with van der Waals surface area (Å²) in [5.74, 6) is 0. The van der Waals surface area contributed by atoms with Crippen molar-refractivity contribution in [1.29, 1.82) is 5.26 Å². The Bertz CT molecular complexity index is 595. The van der Waals surface area contributed by atoms with E-state index >= 15 is 0 Å². The number of nitrogens with one attached hydrogen (secondary N) is 1. The van der Waals surface area contributed by atoms with Gasteiger partial charge < -0.3 is 5.32 Å². The molecule has 0 saturated carbocycles. The molecule has 3 heteroatoms. The summed E-state index contributed by atoms with van der Waals surface area (Å²) < 4.78 is 0. The van der Waals surface area contributed by atoms with E-state index in [0.717, 1.165) is 30.4 Å². The summed E-state index contributed by atoms with van der Waals surface area (Å²) >= 11 is 1.83. The fraction of sp³-hybridized carbons (Fsp3) is 0.267. The zero-order valence-electron chi connectivity index (χ0n) is 10.0. The van der Waals surface area contributed by atoms with Gasteiger partial charge in [-0.3, -0.25) is 0 Å². The van der Waals surface area contributed by atoms with Crippen molar-refractivity contribution < 1.29 is 0 Å². The molecule has 1 aromatic heterocycles. The molecule has 0 bridgehead atoms. The van der Waals surface area contributed by atoms with Gasteiger partial charge in [0.2, 0.25) is 0 Å². The highest BCUT2D eigenvalue weighted by Crippen LogP contribution is 2.30. The number of hydrogen-bond acceptors (Lipinski definition) is 3. The molecule has 0 fully saturated rings.